The SMILES string of the molecule is CN(C)c1ncnc2c1CN(Cc1cccc(F)c1)CC2. The van der Waals surface area contributed by atoms with Crippen molar-refractivity contribution in [3.8, 4) is 0 Å². The summed E-state index contributed by atoms with van der Waals surface area (Å²) in [6, 6.07) is 6.81. The van der Waals surface area contributed by atoms with Crippen LogP contribution in [-0.2, 0) is 19.5 Å². The van der Waals surface area contributed by atoms with Crippen LogP contribution in [-0.4, -0.2) is 35.5 Å². The number of nitrogens with zero attached hydrogens (tertiary/aromatic N) is 4. The molecule has 21 heavy (non-hydrogen) atoms. The van der Waals surface area contributed by atoms with Gasteiger partial charge in [-0.25, -0.2) is 14.4 Å². The summed E-state index contributed by atoms with van der Waals surface area (Å²) in [7, 11) is 3.99. The first-order valence-electron chi connectivity index (χ1n) is 7.10. The van der Waals surface area contributed by atoms with Crippen LogP contribution >= 0.6 is 0 Å². The van der Waals surface area contributed by atoms with Gasteiger partial charge in [-0.2, -0.15) is 0 Å². The van der Waals surface area contributed by atoms with E-state index in [1.165, 1.54) is 11.6 Å². The van der Waals surface area contributed by atoms with E-state index in [-0.39, 0.29) is 5.82 Å². The molecule has 0 amide bonds. The maximum Gasteiger partial charge on any atom is 0.136 e. The van der Waals surface area contributed by atoms with Crippen molar-refractivity contribution in [2.75, 3.05) is 25.5 Å². The maximum atomic E-state index is 13.3. The molecule has 5 heteroatoms. The highest BCUT2D eigenvalue weighted by Gasteiger charge is 2.21. The monoisotopic (exact) mass is 286 g/mol. The Labute approximate surface area is 124 Å². The Morgan fingerprint density at radius 1 is 1.29 bits per heavy atom. The van der Waals surface area contributed by atoms with Crippen molar-refractivity contribution in [3.63, 3.8) is 0 Å². The van der Waals surface area contributed by atoms with E-state index in [2.05, 4.69) is 14.9 Å². The highest BCUT2D eigenvalue weighted by atomic mass is 19.1. The highest BCUT2D eigenvalue weighted by Crippen LogP contribution is 2.25. The van der Waals surface area contributed by atoms with E-state index >= 15 is 0 Å². The van der Waals surface area contributed by atoms with Gasteiger partial charge in [0.2, 0.25) is 0 Å². The summed E-state index contributed by atoms with van der Waals surface area (Å²) in [5, 5.41) is 0. The molecule has 1 aliphatic rings. The van der Waals surface area contributed by atoms with Crippen LogP contribution in [0.3, 0.4) is 0 Å². The number of anilines is 1. The van der Waals surface area contributed by atoms with Gasteiger partial charge in [-0.15, -0.1) is 0 Å². The molecule has 0 unspecified atom stereocenters. The van der Waals surface area contributed by atoms with Crippen LogP contribution in [0.5, 0.6) is 0 Å². The molecule has 1 aromatic carbocycles. The number of halogens is 1. The van der Waals surface area contributed by atoms with Gasteiger partial charge in [0, 0.05) is 45.7 Å². The number of hydrogen-bond donors (Lipinski definition) is 0. The number of aromatic nitrogens is 2. The number of fused-ring (bicyclic) bond motifs is 1. The zero-order valence-electron chi connectivity index (χ0n) is 12.4. The van der Waals surface area contributed by atoms with Gasteiger partial charge in [0.05, 0.1) is 5.69 Å². The van der Waals surface area contributed by atoms with Crippen LogP contribution in [0.25, 0.3) is 0 Å². The molecule has 0 saturated carbocycles. The molecule has 0 spiro atoms. The summed E-state index contributed by atoms with van der Waals surface area (Å²) >= 11 is 0. The highest BCUT2D eigenvalue weighted by molar-refractivity contribution is 5.48. The van der Waals surface area contributed by atoms with Crippen LogP contribution < -0.4 is 4.90 Å². The second kappa shape index (κ2) is 5.77. The molecule has 2 heterocycles. The maximum absolute atomic E-state index is 13.3. The van der Waals surface area contributed by atoms with Crippen LogP contribution in [0.1, 0.15) is 16.8 Å². The Balaban J connectivity index is 1.81. The second-order valence-electron chi connectivity index (χ2n) is 5.61. The average molecular weight is 286 g/mol. The van der Waals surface area contributed by atoms with Crippen LogP contribution in [0.2, 0.25) is 0 Å². The summed E-state index contributed by atoms with van der Waals surface area (Å²) in [5.41, 5.74) is 3.32. The minimum atomic E-state index is -0.178. The molecular formula is C16H19FN4. The van der Waals surface area contributed by atoms with E-state index in [9.17, 15) is 4.39 Å². The van der Waals surface area contributed by atoms with Crippen molar-refractivity contribution in [1.82, 2.24) is 14.9 Å². The van der Waals surface area contributed by atoms with Gasteiger partial charge in [0.15, 0.2) is 0 Å². The summed E-state index contributed by atoms with van der Waals surface area (Å²) in [4.78, 5) is 13.1. The lowest BCUT2D eigenvalue weighted by molar-refractivity contribution is 0.243. The lowest BCUT2D eigenvalue weighted by Crippen LogP contribution is -2.32. The van der Waals surface area contributed by atoms with E-state index in [0.29, 0.717) is 0 Å². The normalized spacial score (nSPS) is 14.8. The molecule has 1 aromatic heterocycles. The van der Waals surface area contributed by atoms with Gasteiger partial charge in [0.25, 0.3) is 0 Å². The van der Waals surface area contributed by atoms with Crippen LogP contribution in [0, 0.1) is 5.82 Å². The fourth-order valence-electron chi connectivity index (χ4n) is 2.80. The first kappa shape index (κ1) is 13.9. The number of benzene rings is 1. The third kappa shape index (κ3) is 3.03. The Morgan fingerprint density at radius 3 is 2.90 bits per heavy atom. The summed E-state index contributed by atoms with van der Waals surface area (Å²) in [5.74, 6) is 0.797. The van der Waals surface area contributed by atoms with E-state index in [1.807, 2.05) is 25.1 Å². The molecule has 0 saturated heterocycles. The summed E-state index contributed by atoms with van der Waals surface area (Å²) < 4.78 is 13.3. The minimum Gasteiger partial charge on any atom is -0.362 e. The quantitative estimate of drug-likeness (QED) is 0.866. The first-order chi connectivity index (χ1) is 10.1. The van der Waals surface area contributed by atoms with Crippen molar-refractivity contribution in [2.24, 2.45) is 0 Å². The molecule has 3 rings (SSSR count). The largest absolute Gasteiger partial charge is 0.362 e. The smallest absolute Gasteiger partial charge is 0.136 e. The van der Waals surface area contributed by atoms with E-state index < -0.39 is 0 Å². The molecule has 1 aliphatic heterocycles. The van der Waals surface area contributed by atoms with Crippen molar-refractivity contribution in [2.45, 2.75) is 19.5 Å². The Bertz CT molecular complexity index is 642. The third-order valence-corrected chi connectivity index (χ3v) is 3.78. The molecule has 2 aromatic rings. The van der Waals surface area contributed by atoms with E-state index in [0.717, 1.165) is 43.1 Å². The second-order valence-corrected chi connectivity index (χ2v) is 5.61. The van der Waals surface area contributed by atoms with Crippen LogP contribution in [0.15, 0.2) is 30.6 Å². The standard InChI is InChI=1S/C16H19FN4/c1-20(2)16-14-10-21(7-6-15(14)18-11-19-16)9-12-4-3-5-13(17)8-12/h3-5,8,11H,6-7,9-10H2,1-2H3. The molecule has 0 radical (unpaired) electrons. The van der Waals surface area contributed by atoms with Gasteiger partial charge >= 0.3 is 0 Å². The van der Waals surface area contributed by atoms with Gasteiger partial charge in [-0.1, -0.05) is 12.1 Å². The summed E-state index contributed by atoms with van der Waals surface area (Å²) in [6.45, 7) is 2.49. The van der Waals surface area contributed by atoms with Gasteiger partial charge in [-0.3, -0.25) is 4.90 Å². The molecule has 0 N–H and O–H groups in total. The van der Waals surface area contributed by atoms with E-state index in [1.54, 1.807) is 18.5 Å². The topological polar surface area (TPSA) is 32.3 Å². The molecule has 4 nitrogen and oxygen atoms in total. The Kier molecular flexibility index (Phi) is 3.84. The van der Waals surface area contributed by atoms with Gasteiger partial charge in [0.1, 0.15) is 18.0 Å². The minimum absolute atomic E-state index is 0.178. The fourth-order valence-corrected chi connectivity index (χ4v) is 2.80. The lowest BCUT2D eigenvalue weighted by atomic mass is 10.0. The zero-order valence-corrected chi connectivity index (χ0v) is 12.4. The lowest BCUT2D eigenvalue weighted by Gasteiger charge is -2.30. The zero-order chi connectivity index (χ0) is 14.8. The molecule has 0 fully saturated rings. The molecular weight excluding hydrogens is 267 g/mol. The number of rotatable bonds is 3. The van der Waals surface area contributed by atoms with Gasteiger partial charge in [-0.05, 0) is 17.7 Å². The Hall–Kier alpha value is -2.01. The molecule has 0 bridgehead atoms. The van der Waals surface area contributed by atoms with Crippen molar-refractivity contribution in [3.05, 3.63) is 53.2 Å². The summed E-state index contributed by atoms with van der Waals surface area (Å²) in [6.07, 6.45) is 2.55. The van der Waals surface area contributed by atoms with Crippen molar-refractivity contribution >= 4 is 5.82 Å². The third-order valence-electron chi connectivity index (χ3n) is 3.78. The Morgan fingerprint density at radius 2 is 2.14 bits per heavy atom. The van der Waals surface area contributed by atoms with Crippen molar-refractivity contribution < 1.29 is 4.39 Å². The molecule has 0 atom stereocenters. The number of hydrogen-bond acceptors (Lipinski definition) is 4. The van der Waals surface area contributed by atoms with E-state index in [4.69, 9.17) is 0 Å². The molecule has 110 valence electrons. The fraction of sp³-hybridized carbons (Fsp3) is 0.375. The average Bonchev–Trinajstić information content (AvgIpc) is 2.46. The molecule has 0 aliphatic carbocycles. The van der Waals surface area contributed by atoms with Gasteiger partial charge < -0.3 is 4.90 Å². The van der Waals surface area contributed by atoms with Crippen molar-refractivity contribution in [1.29, 1.82) is 0 Å². The predicted molar refractivity (Wildman–Crippen MR) is 80.6 cm³/mol. The van der Waals surface area contributed by atoms with Crippen LogP contribution in [0.4, 0.5) is 10.2 Å². The predicted octanol–water partition coefficient (Wildman–Crippen LogP) is 2.24. The first-order valence-corrected chi connectivity index (χ1v) is 7.10.